The molecular weight excluding hydrogens is 273 g/mol. The van der Waals surface area contributed by atoms with Gasteiger partial charge < -0.3 is 5.11 Å². The molecule has 1 atom stereocenters. The fraction of sp³-hybridized carbons (Fsp3) is 0.429. The number of rotatable bonds is 5. The summed E-state index contributed by atoms with van der Waals surface area (Å²) in [7, 11) is -1.53. The van der Waals surface area contributed by atoms with E-state index in [9.17, 15) is 9.50 Å². The number of benzene rings is 1. The summed E-state index contributed by atoms with van der Waals surface area (Å²) in [6.07, 6.45) is 3.03. The fourth-order valence-corrected chi connectivity index (χ4v) is 4.54. The van der Waals surface area contributed by atoms with Gasteiger partial charge in [-0.25, -0.2) is 14.1 Å². The summed E-state index contributed by atoms with van der Waals surface area (Å²) in [5, 5.41) is 15.2. The van der Waals surface area contributed by atoms with Crippen molar-refractivity contribution >= 4 is 8.07 Å². The highest BCUT2D eigenvalue weighted by molar-refractivity contribution is 6.76. The average Bonchev–Trinajstić information content (AvgIpc) is 2.79. The minimum absolute atomic E-state index is 0.301. The van der Waals surface area contributed by atoms with E-state index in [0.29, 0.717) is 12.6 Å². The van der Waals surface area contributed by atoms with Crippen LogP contribution in [0.25, 0.3) is 0 Å². The number of hydrogen-bond donors (Lipinski definition) is 1. The number of nitrogens with zero attached hydrogens (tertiary/aromatic N) is 3. The highest BCUT2D eigenvalue weighted by atomic mass is 28.3. The Balaban J connectivity index is 2.34. The van der Waals surface area contributed by atoms with E-state index in [4.69, 9.17) is 0 Å². The van der Waals surface area contributed by atoms with Crippen molar-refractivity contribution in [1.29, 1.82) is 0 Å². The molecule has 0 amide bonds. The summed E-state index contributed by atoms with van der Waals surface area (Å²) >= 11 is 0. The summed E-state index contributed by atoms with van der Waals surface area (Å²) < 4.78 is 14.7. The summed E-state index contributed by atoms with van der Waals surface area (Å²) in [5.41, 5.74) is -0.330. The molecular formula is C14H20FN3OSi. The lowest BCUT2D eigenvalue weighted by molar-refractivity contribution is 0.0331. The predicted molar refractivity (Wildman–Crippen MR) is 78.5 cm³/mol. The van der Waals surface area contributed by atoms with Gasteiger partial charge in [0.05, 0.1) is 6.54 Å². The lowest BCUT2D eigenvalue weighted by Crippen LogP contribution is -2.39. The Bertz CT molecular complexity index is 551. The SMILES string of the molecule is C[Si](C)(C)C[C@@](O)(Cn1cncn1)c1ccc(F)cc1. The first-order valence-electron chi connectivity index (χ1n) is 6.59. The van der Waals surface area contributed by atoms with E-state index in [1.807, 2.05) is 0 Å². The van der Waals surface area contributed by atoms with Gasteiger partial charge in [0, 0.05) is 8.07 Å². The zero-order valence-electron chi connectivity index (χ0n) is 12.0. The number of hydrogen-bond acceptors (Lipinski definition) is 3. The van der Waals surface area contributed by atoms with Gasteiger partial charge >= 0.3 is 0 Å². The average molecular weight is 293 g/mol. The van der Waals surface area contributed by atoms with Gasteiger partial charge in [-0.1, -0.05) is 31.8 Å². The first-order chi connectivity index (χ1) is 9.28. The molecule has 0 aliphatic carbocycles. The zero-order chi connectivity index (χ0) is 14.8. The maximum atomic E-state index is 13.1. The number of aliphatic hydroxyl groups is 1. The first kappa shape index (κ1) is 14.9. The Hall–Kier alpha value is -1.53. The van der Waals surface area contributed by atoms with Gasteiger partial charge in [-0.15, -0.1) is 0 Å². The molecule has 0 saturated carbocycles. The van der Waals surface area contributed by atoms with Crippen molar-refractivity contribution in [1.82, 2.24) is 14.8 Å². The van der Waals surface area contributed by atoms with Gasteiger partial charge in [-0.05, 0) is 23.7 Å². The second kappa shape index (κ2) is 5.45. The molecule has 0 spiro atoms. The van der Waals surface area contributed by atoms with Crippen LogP contribution in [0.15, 0.2) is 36.9 Å². The van der Waals surface area contributed by atoms with Crippen molar-refractivity contribution in [3.8, 4) is 0 Å². The normalized spacial score (nSPS) is 15.1. The van der Waals surface area contributed by atoms with Crippen molar-refractivity contribution in [2.24, 2.45) is 0 Å². The van der Waals surface area contributed by atoms with Crippen molar-refractivity contribution in [3.63, 3.8) is 0 Å². The number of halogens is 1. The van der Waals surface area contributed by atoms with Crippen LogP contribution >= 0.6 is 0 Å². The maximum Gasteiger partial charge on any atom is 0.137 e. The minimum atomic E-state index is -1.53. The molecule has 0 unspecified atom stereocenters. The highest BCUT2D eigenvalue weighted by Gasteiger charge is 2.35. The third kappa shape index (κ3) is 3.74. The highest BCUT2D eigenvalue weighted by Crippen LogP contribution is 2.32. The first-order valence-corrected chi connectivity index (χ1v) is 10.3. The Kier molecular flexibility index (Phi) is 4.05. The molecule has 0 radical (unpaired) electrons. The third-order valence-electron chi connectivity index (χ3n) is 3.09. The van der Waals surface area contributed by atoms with Gasteiger partial charge in [0.25, 0.3) is 0 Å². The van der Waals surface area contributed by atoms with Crippen molar-refractivity contribution in [3.05, 3.63) is 48.3 Å². The second-order valence-electron chi connectivity index (χ2n) is 6.37. The Labute approximate surface area is 119 Å². The monoisotopic (exact) mass is 293 g/mol. The topological polar surface area (TPSA) is 50.9 Å². The molecule has 0 aliphatic heterocycles. The van der Waals surface area contributed by atoms with Crippen LogP contribution in [0.5, 0.6) is 0 Å². The lowest BCUT2D eigenvalue weighted by Gasteiger charge is -2.33. The summed E-state index contributed by atoms with van der Waals surface area (Å²) in [6.45, 7) is 6.91. The molecule has 6 heteroatoms. The molecule has 1 heterocycles. The van der Waals surface area contributed by atoms with Crippen molar-refractivity contribution in [2.75, 3.05) is 0 Å². The molecule has 0 aliphatic rings. The van der Waals surface area contributed by atoms with Crippen molar-refractivity contribution < 1.29 is 9.50 Å². The fourth-order valence-electron chi connectivity index (χ4n) is 2.47. The van der Waals surface area contributed by atoms with E-state index in [1.165, 1.54) is 18.5 Å². The smallest absolute Gasteiger partial charge is 0.137 e. The van der Waals surface area contributed by atoms with Gasteiger partial charge in [0.1, 0.15) is 24.1 Å². The van der Waals surface area contributed by atoms with Crippen LogP contribution in [-0.2, 0) is 12.1 Å². The lowest BCUT2D eigenvalue weighted by atomic mass is 9.96. The van der Waals surface area contributed by atoms with E-state index in [1.54, 1.807) is 23.1 Å². The largest absolute Gasteiger partial charge is 0.384 e. The summed E-state index contributed by atoms with van der Waals surface area (Å²) in [5.74, 6) is -0.301. The van der Waals surface area contributed by atoms with E-state index < -0.39 is 13.7 Å². The molecule has 2 aromatic rings. The number of aromatic nitrogens is 3. The van der Waals surface area contributed by atoms with E-state index in [-0.39, 0.29) is 5.82 Å². The molecule has 2 rings (SSSR count). The van der Waals surface area contributed by atoms with Crippen LogP contribution in [0.4, 0.5) is 4.39 Å². The molecule has 1 N–H and O–H groups in total. The standard InChI is InChI=1S/C14H20FN3OSi/c1-20(2,3)9-14(19,8-18-11-16-10-17-18)12-4-6-13(15)7-5-12/h4-7,10-11,19H,8-9H2,1-3H3/t14-/m0/s1. The Morgan fingerprint density at radius 1 is 1.25 bits per heavy atom. The predicted octanol–water partition coefficient (Wildman–Crippen LogP) is 2.64. The third-order valence-corrected chi connectivity index (χ3v) is 4.74. The Morgan fingerprint density at radius 2 is 1.90 bits per heavy atom. The summed E-state index contributed by atoms with van der Waals surface area (Å²) in [4.78, 5) is 3.90. The van der Waals surface area contributed by atoms with Crippen LogP contribution in [0.1, 0.15) is 5.56 Å². The second-order valence-corrected chi connectivity index (χ2v) is 11.8. The van der Waals surface area contributed by atoms with Gasteiger partial charge in [0.15, 0.2) is 0 Å². The molecule has 0 fully saturated rings. The van der Waals surface area contributed by atoms with Crippen LogP contribution in [0.2, 0.25) is 25.7 Å². The van der Waals surface area contributed by atoms with Gasteiger partial charge in [-0.3, -0.25) is 0 Å². The van der Waals surface area contributed by atoms with Crippen LogP contribution in [-0.4, -0.2) is 27.9 Å². The van der Waals surface area contributed by atoms with E-state index in [2.05, 4.69) is 29.7 Å². The minimum Gasteiger partial charge on any atom is -0.384 e. The Morgan fingerprint density at radius 3 is 2.40 bits per heavy atom. The zero-order valence-corrected chi connectivity index (χ0v) is 13.0. The molecule has 0 saturated heterocycles. The molecule has 1 aromatic carbocycles. The quantitative estimate of drug-likeness (QED) is 0.862. The molecule has 0 bridgehead atoms. The van der Waals surface area contributed by atoms with Crippen LogP contribution in [0.3, 0.4) is 0 Å². The molecule has 1 aromatic heterocycles. The molecule has 108 valence electrons. The van der Waals surface area contributed by atoms with Gasteiger partial charge in [-0.2, -0.15) is 5.10 Å². The van der Waals surface area contributed by atoms with Crippen LogP contribution in [0, 0.1) is 5.82 Å². The molecule has 20 heavy (non-hydrogen) atoms. The molecule has 4 nitrogen and oxygen atoms in total. The van der Waals surface area contributed by atoms with E-state index >= 15 is 0 Å². The van der Waals surface area contributed by atoms with Crippen LogP contribution < -0.4 is 0 Å². The van der Waals surface area contributed by atoms with Crippen molar-refractivity contribution in [2.45, 2.75) is 37.8 Å². The van der Waals surface area contributed by atoms with E-state index in [0.717, 1.165) is 5.56 Å². The maximum absolute atomic E-state index is 13.1. The van der Waals surface area contributed by atoms with Gasteiger partial charge in [0.2, 0.25) is 0 Å². The summed E-state index contributed by atoms with van der Waals surface area (Å²) in [6, 6.07) is 6.72.